The minimum absolute atomic E-state index is 0.198. The van der Waals surface area contributed by atoms with Gasteiger partial charge in [-0.2, -0.15) is 0 Å². The van der Waals surface area contributed by atoms with Gasteiger partial charge in [-0.25, -0.2) is 4.98 Å². The number of alkyl halides is 3. The van der Waals surface area contributed by atoms with Crippen LogP contribution in [0.2, 0.25) is 0 Å². The van der Waals surface area contributed by atoms with Gasteiger partial charge in [-0.05, 0) is 60.9 Å². The van der Waals surface area contributed by atoms with Gasteiger partial charge in [0, 0.05) is 6.04 Å². The Balaban J connectivity index is 1.44. The maximum Gasteiger partial charge on any atom is 0.573 e. The van der Waals surface area contributed by atoms with E-state index in [4.69, 9.17) is 9.72 Å². The molecule has 1 aromatic carbocycles. The average molecular weight is 464 g/mol. The average Bonchev–Trinajstić information content (AvgIpc) is 3.34. The van der Waals surface area contributed by atoms with E-state index in [1.54, 1.807) is 6.08 Å². The van der Waals surface area contributed by atoms with E-state index in [0.717, 1.165) is 35.9 Å². The first-order valence-corrected chi connectivity index (χ1v) is 11.3. The fourth-order valence-electron chi connectivity index (χ4n) is 5.07. The summed E-state index contributed by atoms with van der Waals surface area (Å²) >= 11 is 0. The summed E-state index contributed by atoms with van der Waals surface area (Å²) in [5, 5.41) is 13.1. The summed E-state index contributed by atoms with van der Waals surface area (Å²) in [7, 11) is 0. The first-order chi connectivity index (χ1) is 15.6. The Labute approximate surface area is 190 Å². The van der Waals surface area contributed by atoms with Crippen molar-refractivity contribution in [3.8, 4) is 0 Å². The highest BCUT2D eigenvalue weighted by atomic mass is 19.4. The van der Waals surface area contributed by atoms with Crippen LogP contribution in [0, 0.1) is 5.41 Å². The number of fused-ring (bicyclic) bond motifs is 1. The van der Waals surface area contributed by atoms with E-state index >= 15 is 0 Å². The summed E-state index contributed by atoms with van der Waals surface area (Å²) in [5.74, 6) is 0.501. The number of imidazole rings is 1. The van der Waals surface area contributed by atoms with Crippen molar-refractivity contribution < 1.29 is 27.8 Å². The quantitative estimate of drug-likeness (QED) is 0.555. The van der Waals surface area contributed by atoms with E-state index in [2.05, 4.69) is 28.5 Å². The smallest absolute Gasteiger partial charge is 0.406 e. The van der Waals surface area contributed by atoms with Crippen LogP contribution in [-0.4, -0.2) is 33.4 Å². The van der Waals surface area contributed by atoms with Crippen molar-refractivity contribution in [3.05, 3.63) is 47.7 Å². The Bertz CT molecular complexity index is 1110. The predicted octanol–water partition coefficient (Wildman–Crippen LogP) is 5.73. The van der Waals surface area contributed by atoms with Gasteiger partial charge >= 0.3 is 6.36 Å². The van der Waals surface area contributed by atoms with Crippen LogP contribution in [-0.2, 0) is 9.47 Å². The number of nitrogens with zero attached hydrogens (tertiary/aromatic N) is 2. The molecule has 1 saturated heterocycles. The van der Waals surface area contributed by atoms with E-state index in [1.807, 2.05) is 18.2 Å². The number of aliphatic hydroxyl groups is 1. The summed E-state index contributed by atoms with van der Waals surface area (Å²) in [6.07, 6.45) is 3.39. The molecule has 2 N–H and O–H groups in total. The van der Waals surface area contributed by atoms with Gasteiger partial charge in [0.1, 0.15) is 11.9 Å². The lowest BCUT2D eigenvalue weighted by Gasteiger charge is -2.37. The number of ether oxygens (including phenoxy) is 2. The fourth-order valence-corrected chi connectivity index (χ4v) is 5.07. The normalized spacial score (nSPS) is 29.1. The third-order valence-electron chi connectivity index (χ3n) is 6.67. The van der Waals surface area contributed by atoms with Crippen molar-refractivity contribution >= 4 is 17.0 Å². The van der Waals surface area contributed by atoms with Crippen molar-refractivity contribution in [2.45, 2.75) is 76.8 Å². The second-order valence-electron chi connectivity index (χ2n) is 9.92. The zero-order valence-electron chi connectivity index (χ0n) is 18.6. The molecule has 0 bridgehead atoms. The second kappa shape index (κ2) is 8.06. The van der Waals surface area contributed by atoms with Crippen LogP contribution in [0.1, 0.15) is 63.7 Å². The van der Waals surface area contributed by atoms with Gasteiger partial charge in [0.25, 0.3) is 0 Å². The van der Waals surface area contributed by atoms with Crippen LogP contribution in [0.15, 0.2) is 42.2 Å². The highest BCUT2D eigenvalue weighted by Crippen LogP contribution is 2.44. The SMILES string of the molecule is CC1(C)CCCC(n2c(NC3C=CC(OC(F)(F)F)=CC3)nc3cc(C4OC4O)ccc32)C1. The summed E-state index contributed by atoms with van der Waals surface area (Å²) in [6, 6.07) is 5.99. The number of nitrogens with one attached hydrogen (secondary N) is 1. The van der Waals surface area contributed by atoms with Crippen molar-refractivity contribution in [3.63, 3.8) is 0 Å². The highest BCUT2D eigenvalue weighted by molar-refractivity contribution is 5.80. The molecule has 5 rings (SSSR count). The van der Waals surface area contributed by atoms with Crippen LogP contribution >= 0.6 is 0 Å². The number of hydrogen-bond donors (Lipinski definition) is 2. The third-order valence-corrected chi connectivity index (χ3v) is 6.67. The number of halogens is 3. The molecule has 1 aromatic heterocycles. The molecule has 178 valence electrons. The van der Waals surface area contributed by atoms with Crippen LogP contribution in [0.25, 0.3) is 11.0 Å². The first kappa shape index (κ1) is 22.3. The molecule has 1 aliphatic heterocycles. The Kier molecular flexibility index (Phi) is 5.44. The molecule has 2 heterocycles. The number of rotatable bonds is 5. The topological polar surface area (TPSA) is 71.8 Å². The van der Waals surface area contributed by atoms with Crippen LogP contribution in [0.3, 0.4) is 0 Å². The number of allylic oxidation sites excluding steroid dienone is 1. The molecule has 4 unspecified atom stereocenters. The summed E-state index contributed by atoms with van der Waals surface area (Å²) in [5.41, 5.74) is 2.90. The highest BCUT2D eigenvalue weighted by Gasteiger charge is 2.39. The molecule has 33 heavy (non-hydrogen) atoms. The van der Waals surface area contributed by atoms with Crippen molar-refractivity contribution in [2.24, 2.45) is 5.41 Å². The second-order valence-corrected chi connectivity index (χ2v) is 9.92. The molecular weight excluding hydrogens is 435 g/mol. The zero-order chi connectivity index (χ0) is 23.4. The lowest BCUT2D eigenvalue weighted by molar-refractivity contribution is -0.303. The molecular formula is C24H28F3N3O3. The Morgan fingerprint density at radius 1 is 1.30 bits per heavy atom. The van der Waals surface area contributed by atoms with Gasteiger partial charge in [0.2, 0.25) is 5.95 Å². The molecule has 0 amide bonds. The zero-order valence-corrected chi connectivity index (χ0v) is 18.6. The molecule has 0 radical (unpaired) electrons. The molecule has 1 saturated carbocycles. The first-order valence-electron chi connectivity index (χ1n) is 11.3. The lowest BCUT2D eigenvalue weighted by Crippen LogP contribution is -2.27. The van der Waals surface area contributed by atoms with E-state index in [0.29, 0.717) is 12.4 Å². The summed E-state index contributed by atoms with van der Waals surface area (Å²) < 4.78 is 48.9. The van der Waals surface area contributed by atoms with Gasteiger partial charge in [-0.1, -0.05) is 32.4 Å². The minimum atomic E-state index is -4.70. The molecule has 4 atom stereocenters. The monoisotopic (exact) mass is 463 g/mol. The van der Waals surface area contributed by atoms with Crippen LogP contribution in [0.5, 0.6) is 0 Å². The van der Waals surface area contributed by atoms with Crippen molar-refractivity contribution in [1.82, 2.24) is 9.55 Å². The Hall–Kier alpha value is -2.52. The standard InChI is InChI=1S/C24H28F3N3O3/c1-23(2)11-3-4-16(13-23)30-19-10-5-14(20-21(31)32-20)12-18(19)29-22(30)28-15-6-8-17(9-7-15)33-24(25,26)27/h5-6,8-10,12,15-16,20-21,31H,3-4,7,11,13H2,1-2H3,(H,28,29). The van der Waals surface area contributed by atoms with Crippen LogP contribution in [0.4, 0.5) is 19.1 Å². The predicted molar refractivity (Wildman–Crippen MR) is 117 cm³/mol. The van der Waals surface area contributed by atoms with Crippen molar-refractivity contribution in [2.75, 3.05) is 5.32 Å². The molecule has 2 aromatic rings. The number of epoxide rings is 1. The van der Waals surface area contributed by atoms with Gasteiger partial charge in [0.15, 0.2) is 6.29 Å². The van der Waals surface area contributed by atoms with Crippen LogP contribution < -0.4 is 5.32 Å². The molecule has 3 aliphatic rings. The van der Waals surface area contributed by atoms with E-state index < -0.39 is 12.7 Å². The number of benzene rings is 1. The molecule has 6 nitrogen and oxygen atoms in total. The Morgan fingerprint density at radius 2 is 2.09 bits per heavy atom. The number of aromatic nitrogens is 2. The molecule has 2 aliphatic carbocycles. The van der Waals surface area contributed by atoms with Crippen molar-refractivity contribution in [1.29, 1.82) is 0 Å². The maximum absolute atomic E-state index is 12.5. The maximum atomic E-state index is 12.5. The number of aliphatic hydroxyl groups excluding tert-OH is 1. The lowest BCUT2D eigenvalue weighted by atomic mass is 9.75. The molecule has 2 fully saturated rings. The van der Waals surface area contributed by atoms with Gasteiger partial charge in [0.05, 0.1) is 17.1 Å². The van der Waals surface area contributed by atoms with Gasteiger partial charge in [-0.15, -0.1) is 13.2 Å². The summed E-state index contributed by atoms with van der Waals surface area (Å²) in [6.45, 7) is 4.57. The summed E-state index contributed by atoms with van der Waals surface area (Å²) in [4.78, 5) is 4.85. The Morgan fingerprint density at radius 3 is 2.73 bits per heavy atom. The van der Waals surface area contributed by atoms with E-state index in [9.17, 15) is 18.3 Å². The minimum Gasteiger partial charge on any atom is -0.406 e. The molecule has 9 heteroatoms. The van der Waals surface area contributed by atoms with E-state index in [-0.39, 0.29) is 29.4 Å². The fraction of sp³-hybridized carbons (Fsp3) is 0.542. The molecule has 0 spiro atoms. The number of anilines is 1. The largest absolute Gasteiger partial charge is 0.573 e. The number of hydrogen-bond acceptors (Lipinski definition) is 5. The third kappa shape index (κ3) is 4.89. The van der Waals surface area contributed by atoms with Gasteiger partial charge in [-0.3, -0.25) is 0 Å². The van der Waals surface area contributed by atoms with E-state index in [1.165, 1.54) is 18.6 Å². The van der Waals surface area contributed by atoms with Gasteiger partial charge < -0.3 is 24.5 Å².